The number of rotatable bonds is 6. The second kappa shape index (κ2) is 7.35. The number of nitrogens with two attached hydrogens (primary N) is 1. The molecule has 0 bridgehead atoms. The SMILES string of the molecule is Nn1c(Cc2ccc(F)cc2)nnc1SCc1cccc(C(=O)O)c1. The molecule has 0 radical (unpaired) electrons. The number of carboxylic acids is 1. The highest BCUT2D eigenvalue weighted by atomic mass is 32.2. The summed E-state index contributed by atoms with van der Waals surface area (Å²) in [6.07, 6.45) is 0.443. The van der Waals surface area contributed by atoms with Gasteiger partial charge in [0.2, 0.25) is 5.16 Å². The third-order valence-electron chi connectivity index (χ3n) is 3.55. The van der Waals surface area contributed by atoms with Crippen molar-refractivity contribution in [1.82, 2.24) is 14.9 Å². The Bertz CT molecular complexity index is 896. The van der Waals surface area contributed by atoms with Crippen LogP contribution in [0, 0.1) is 5.82 Å². The van der Waals surface area contributed by atoms with Gasteiger partial charge < -0.3 is 10.9 Å². The molecule has 0 fully saturated rings. The molecular formula is C17H15FN4O2S. The van der Waals surface area contributed by atoms with Gasteiger partial charge in [-0.05, 0) is 35.4 Å². The third kappa shape index (κ3) is 4.16. The predicted molar refractivity (Wildman–Crippen MR) is 92.3 cm³/mol. The zero-order chi connectivity index (χ0) is 17.8. The Morgan fingerprint density at radius 2 is 1.92 bits per heavy atom. The molecule has 0 amide bonds. The molecule has 25 heavy (non-hydrogen) atoms. The Labute approximate surface area is 147 Å². The van der Waals surface area contributed by atoms with Crippen LogP contribution in [0.3, 0.4) is 0 Å². The van der Waals surface area contributed by atoms with Crippen molar-refractivity contribution in [2.24, 2.45) is 0 Å². The van der Waals surface area contributed by atoms with Crippen molar-refractivity contribution >= 4 is 17.7 Å². The van der Waals surface area contributed by atoms with Crippen LogP contribution < -0.4 is 5.84 Å². The molecule has 1 aromatic heterocycles. The smallest absolute Gasteiger partial charge is 0.335 e. The first-order chi connectivity index (χ1) is 12.0. The second-order valence-electron chi connectivity index (χ2n) is 5.37. The lowest BCUT2D eigenvalue weighted by Crippen LogP contribution is -2.14. The predicted octanol–water partition coefficient (Wildman–Crippen LogP) is 2.71. The summed E-state index contributed by atoms with van der Waals surface area (Å²) in [5, 5.41) is 17.7. The van der Waals surface area contributed by atoms with Crippen molar-refractivity contribution in [3.8, 4) is 0 Å². The number of carbonyl (C=O) groups is 1. The van der Waals surface area contributed by atoms with E-state index in [4.69, 9.17) is 10.9 Å². The van der Waals surface area contributed by atoms with E-state index in [0.29, 0.717) is 23.2 Å². The molecular weight excluding hydrogens is 343 g/mol. The van der Waals surface area contributed by atoms with Crippen LogP contribution in [-0.4, -0.2) is 25.9 Å². The highest BCUT2D eigenvalue weighted by molar-refractivity contribution is 7.98. The molecule has 0 unspecified atom stereocenters. The van der Waals surface area contributed by atoms with E-state index in [9.17, 15) is 9.18 Å². The molecule has 0 saturated heterocycles. The fourth-order valence-corrected chi connectivity index (χ4v) is 3.07. The summed E-state index contributed by atoms with van der Waals surface area (Å²) in [5.74, 6) is 5.85. The van der Waals surface area contributed by atoms with Crippen molar-refractivity contribution in [2.75, 3.05) is 5.84 Å². The Morgan fingerprint density at radius 1 is 1.16 bits per heavy atom. The third-order valence-corrected chi connectivity index (χ3v) is 4.57. The van der Waals surface area contributed by atoms with E-state index in [1.54, 1.807) is 30.3 Å². The van der Waals surface area contributed by atoms with Crippen LogP contribution >= 0.6 is 11.8 Å². The topological polar surface area (TPSA) is 94.0 Å². The number of nitrogens with zero attached hydrogens (tertiary/aromatic N) is 3. The number of aromatic nitrogens is 3. The van der Waals surface area contributed by atoms with Gasteiger partial charge in [-0.25, -0.2) is 13.9 Å². The van der Waals surface area contributed by atoms with Crippen molar-refractivity contribution in [3.05, 3.63) is 76.9 Å². The first kappa shape index (κ1) is 17.0. The van der Waals surface area contributed by atoms with Gasteiger partial charge in [0.25, 0.3) is 0 Å². The van der Waals surface area contributed by atoms with Crippen LogP contribution in [0.4, 0.5) is 4.39 Å². The number of nitrogen functional groups attached to an aromatic ring is 1. The lowest BCUT2D eigenvalue weighted by Gasteiger charge is -2.05. The van der Waals surface area contributed by atoms with Gasteiger partial charge in [0, 0.05) is 12.2 Å². The van der Waals surface area contributed by atoms with E-state index in [1.165, 1.54) is 28.6 Å². The maximum atomic E-state index is 13.0. The van der Waals surface area contributed by atoms with Crippen molar-refractivity contribution in [2.45, 2.75) is 17.3 Å². The van der Waals surface area contributed by atoms with E-state index in [-0.39, 0.29) is 11.4 Å². The van der Waals surface area contributed by atoms with Gasteiger partial charge in [0.15, 0.2) is 5.82 Å². The average Bonchev–Trinajstić information content (AvgIpc) is 2.95. The molecule has 8 heteroatoms. The minimum Gasteiger partial charge on any atom is -0.478 e. The van der Waals surface area contributed by atoms with Gasteiger partial charge in [-0.2, -0.15) is 0 Å². The van der Waals surface area contributed by atoms with Crippen LogP contribution in [0.5, 0.6) is 0 Å². The van der Waals surface area contributed by atoms with Crippen molar-refractivity contribution in [1.29, 1.82) is 0 Å². The standard InChI is InChI=1S/C17H15FN4O2S/c18-14-6-4-11(5-7-14)9-15-20-21-17(22(15)19)25-10-12-2-1-3-13(8-12)16(23)24/h1-8H,9-10,19H2,(H,23,24). The number of thioether (sulfide) groups is 1. The van der Waals surface area contributed by atoms with Crippen LogP contribution in [0.25, 0.3) is 0 Å². The fraction of sp³-hybridized carbons (Fsp3) is 0.118. The summed E-state index contributed by atoms with van der Waals surface area (Å²) in [5.41, 5.74) is 1.98. The summed E-state index contributed by atoms with van der Waals surface area (Å²) in [6.45, 7) is 0. The quantitative estimate of drug-likeness (QED) is 0.520. The molecule has 6 nitrogen and oxygen atoms in total. The molecule has 0 atom stereocenters. The summed E-state index contributed by atoms with van der Waals surface area (Å²) >= 11 is 1.37. The molecule has 0 spiro atoms. The van der Waals surface area contributed by atoms with Crippen molar-refractivity contribution in [3.63, 3.8) is 0 Å². The molecule has 0 aliphatic heterocycles. The second-order valence-corrected chi connectivity index (χ2v) is 6.31. The number of halogens is 1. The lowest BCUT2D eigenvalue weighted by molar-refractivity contribution is 0.0697. The molecule has 128 valence electrons. The van der Waals surface area contributed by atoms with Crippen LogP contribution in [-0.2, 0) is 12.2 Å². The highest BCUT2D eigenvalue weighted by Gasteiger charge is 2.12. The summed E-state index contributed by atoms with van der Waals surface area (Å²) in [4.78, 5) is 11.0. The van der Waals surface area contributed by atoms with E-state index in [0.717, 1.165) is 11.1 Å². The summed E-state index contributed by atoms with van der Waals surface area (Å²) < 4.78 is 14.3. The van der Waals surface area contributed by atoms with Crippen LogP contribution in [0.15, 0.2) is 53.7 Å². The van der Waals surface area contributed by atoms with Gasteiger partial charge in [0.05, 0.1) is 5.56 Å². The Hall–Kier alpha value is -2.87. The van der Waals surface area contributed by atoms with Crippen LogP contribution in [0.1, 0.15) is 27.3 Å². The molecule has 0 aliphatic rings. The maximum Gasteiger partial charge on any atom is 0.335 e. The summed E-state index contributed by atoms with van der Waals surface area (Å²) in [7, 11) is 0. The van der Waals surface area contributed by atoms with Gasteiger partial charge in [0.1, 0.15) is 5.82 Å². The number of aromatic carboxylic acids is 1. The van der Waals surface area contributed by atoms with Crippen LogP contribution in [0.2, 0.25) is 0 Å². The Kier molecular flexibility index (Phi) is 4.99. The normalized spacial score (nSPS) is 10.8. The van der Waals surface area contributed by atoms with Gasteiger partial charge in [-0.1, -0.05) is 36.0 Å². The monoisotopic (exact) mass is 358 g/mol. The zero-order valence-electron chi connectivity index (χ0n) is 13.1. The van der Waals surface area contributed by atoms with Gasteiger partial charge in [-0.15, -0.1) is 10.2 Å². The van der Waals surface area contributed by atoms with Gasteiger partial charge >= 0.3 is 5.97 Å². The summed E-state index contributed by atoms with van der Waals surface area (Å²) in [6, 6.07) is 12.8. The number of hydrogen-bond donors (Lipinski definition) is 2. The molecule has 3 N–H and O–H groups in total. The first-order valence-electron chi connectivity index (χ1n) is 7.42. The largest absolute Gasteiger partial charge is 0.478 e. The van der Waals surface area contributed by atoms with E-state index < -0.39 is 5.97 Å². The van der Waals surface area contributed by atoms with E-state index in [2.05, 4.69) is 10.2 Å². The lowest BCUT2D eigenvalue weighted by atomic mass is 10.1. The molecule has 3 aromatic rings. The number of hydrogen-bond acceptors (Lipinski definition) is 5. The Balaban J connectivity index is 1.68. The fourth-order valence-electron chi connectivity index (χ4n) is 2.25. The minimum absolute atomic E-state index is 0.240. The van der Waals surface area contributed by atoms with Crippen molar-refractivity contribution < 1.29 is 14.3 Å². The Morgan fingerprint density at radius 3 is 2.64 bits per heavy atom. The minimum atomic E-state index is -0.963. The molecule has 2 aromatic carbocycles. The number of benzene rings is 2. The zero-order valence-corrected chi connectivity index (χ0v) is 13.9. The van der Waals surface area contributed by atoms with Gasteiger partial charge in [-0.3, -0.25) is 0 Å². The number of carboxylic acid groups (broad SMARTS) is 1. The molecule has 0 aliphatic carbocycles. The van der Waals surface area contributed by atoms with E-state index in [1.807, 2.05) is 6.07 Å². The average molecular weight is 358 g/mol. The van der Waals surface area contributed by atoms with E-state index >= 15 is 0 Å². The molecule has 1 heterocycles. The molecule has 3 rings (SSSR count). The molecule has 0 saturated carbocycles. The first-order valence-corrected chi connectivity index (χ1v) is 8.40. The maximum absolute atomic E-state index is 13.0. The highest BCUT2D eigenvalue weighted by Crippen LogP contribution is 2.22.